The molecule has 2 amide bonds. The van der Waals surface area contributed by atoms with Crippen LogP contribution < -0.4 is 15.4 Å². The van der Waals surface area contributed by atoms with Gasteiger partial charge in [-0.05, 0) is 18.6 Å². The summed E-state index contributed by atoms with van der Waals surface area (Å²) in [5.74, 6) is -0.644. The number of carbonyl (C=O) groups is 2. The third kappa shape index (κ3) is 2.01. The van der Waals surface area contributed by atoms with Crippen molar-refractivity contribution < 1.29 is 14.3 Å². The first kappa shape index (κ1) is 12.3. The van der Waals surface area contributed by atoms with Crippen molar-refractivity contribution in [3.63, 3.8) is 0 Å². The second-order valence-corrected chi connectivity index (χ2v) is 4.29. The van der Waals surface area contributed by atoms with Crippen LogP contribution in [0.5, 0.6) is 5.88 Å². The molecule has 6 heteroatoms. The van der Waals surface area contributed by atoms with Crippen molar-refractivity contribution in [2.75, 3.05) is 18.6 Å². The highest BCUT2D eigenvalue weighted by Crippen LogP contribution is 2.34. The number of aryl methyl sites for hydroxylation is 1. The number of hydrogen-bond acceptors (Lipinski definition) is 4. The number of methoxy groups -OCH3 is 1. The van der Waals surface area contributed by atoms with E-state index in [2.05, 4.69) is 4.98 Å². The molecular weight excluding hydrogens is 234 g/mol. The first-order valence-corrected chi connectivity index (χ1v) is 5.64. The lowest BCUT2D eigenvalue weighted by atomic mass is 10.1. The van der Waals surface area contributed by atoms with E-state index in [1.165, 1.54) is 12.0 Å². The maximum atomic E-state index is 11.9. The van der Waals surface area contributed by atoms with E-state index >= 15 is 0 Å². The summed E-state index contributed by atoms with van der Waals surface area (Å²) in [5.41, 5.74) is 6.74. The fourth-order valence-electron chi connectivity index (χ4n) is 2.12. The molecule has 1 aromatic heterocycles. The van der Waals surface area contributed by atoms with E-state index in [-0.39, 0.29) is 18.9 Å². The van der Waals surface area contributed by atoms with Gasteiger partial charge in [0, 0.05) is 19.2 Å². The van der Waals surface area contributed by atoms with Crippen LogP contribution in [0, 0.1) is 12.8 Å². The average Bonchev–Trinajstić information content (AvgIpc) is 2.71. The van der Waals surface area contributed by atoms with Gasteiger partial charge in [0.25, 0.3) is 0 Å². The Morgan fingerprint density at radius 1 is 1.61 bits per heavy atom. The smallest absolute Gasteiger partial charge is 0.237 e. The molecule has 0 bridgehead atoms. The number of nitrogens with zero attached hydrogens (tertiary/aromatic N) is 2. The molecule has 0 aliphatic carbocycles. The van der Waals surface area contributed by atoms with Gasteiger partial charge in [-0.15, -0.1) is 0 Å². The van der Waals surface area contributed by atoms with Gasteiger partial charge in [0.1, 0.15) is 5.69 Å². The normalized spacial score (nSPS) is 19.1. The molecule has 1 aliphatic heterocycles. The van der Waals surface area contributed by atoms with Crippen LogP contribution in [0.3, 0.4) is 0 Å². The summed E-state index contributed by atoms with van der Waals surface area (Å²) in [5, 5.41) is 0. The fraction of sp³-hybridized carbons (Fsp3) is 0.417. The summed E-state index contributed by atoms with van der Waals surface area (Å²) in [6.45, 7) is 2.15. The maximum absolute atomic E-state index is 11.9. The summed E-state index contributed by atoms with van der Waals surface area (Å²) in [6, 6.07) is 1.79. The molecule has 2 heterocycles. The van der Waals surface area contributed by atoms with Gasteiger partial charge >= 0.3 is 0 Å². The number of amides is 2. The summed E-state index contributed by atoms with van der Waals surface area (Å²) in [4.78, 5) is 28.7. The third-order valence-corrected chi connectivity index (χ3v) is 3.08. The van der Waals surface area contributed by atoms with Crippen molar-refractivity contribution in [3.8, 4) is 5.88 Å². The van der Waals surface area contributed by atoms with Crippen LogP contribution in [0.1, 0.15) is 12.0 Å². The molecule has 0 radical (unpaired) electrons. The minimum atomic E-state index is -0.452. The Morgan fingerprint density at radius 2 is 2.33 bits per heavy atom. The van der Waals surface area contributed by atoms with Crippen molar-refractivity contribution in [1.82, 2.24) is 4.98 Å². The lowest BCUT2D eigenvalue weighted by molar-refractivity contribution is -0.123. The second kappa shape index (κ2) is 4.64. The molecule has 96 valence electrons. The minimum absolute atomic E-state index is 0.131. The van der Waals surface area contributed by atoms with E-state index < -0.39 is 11.8 Å². The lowest BCUT2D eigenvalue weighted by Crippen LogP contribution is -2.29. The van der Waals surface area contributed by atoms with E-state index in [4.69, 9.17) is 10.5 Å². The number of pyridine rings is 1. The highest BCUT2D eigenvalue weighted by atomic mass is 16.5. The van der Waals surface area contributed by atoms with Crippen molar-refractivity contribution >= 4 is 17.5 Å². The topological polar surface area (TPSA) is 85.5 Å². The standard InChI is InChI=1S/C12H15N3O3/c1-7-3-4-14-12(18-2)10(7)15-6-8(11(13)17)5-9(15)16/h3-4,8H,5-6H2,1-2H3,(H2,13,17). The van der Waals surface area contributed by atoms with Gasteiger partial charge in [0.05, 0.1) is 13.0 Å². The van der Waals surface area contributed by atoms with Crippen molar-refractivity contribution in [2.45, 2.75) is 13.3 Å². The van der Waals surface area contributed by atoms with Gasteiger partial charge in [-0.25, -0.2) is 4.98 Å². The van der Waals surface area contributed by atoms with Crippen LogP contribution in [0.15, 0.2) is 12.3 Å². The predicted molar refractivity (Wildman–Crippen MR) is 65.2 cm³/mol. The Labute approximate surface area is 105 Å². The van der Waals surface area contributed by atoms with Crippen LogP contribution in [-0.2, 0) is 9.59 Å². The molecule has 1 fully saturated rings. The number of anilines is 1. The summed E-state index contributed by atoms with van der Waals surface area (Å²) in [7, 11) is 1.50. The zero-order valence-electron chi connectivity index (χ0n) is 10.3. The van der Waals surface area contributed by atoms with E-state index in [0.717, 1.165) is 5.56 Å². The number of carbonyl (C=O) groups excluding carboxylic acids is 2. The molecule has 0 spiro atoms. The van der Waals surface area contributed by atoms with E-state index in [9.17, 15) is 9.59 Å². The molecule has 6 nitrogen and oxygen atoms in total. The van der Waals surface area contributed by atoms with Gasteiger partial charge in [-0.1, -0.05) is 0 Å². The van der Waals surface area contributed by atoms with Crippen molar-refractivity contribution in [1.29, 1.82) is 0 Å². The lowest BCUT2D eigenvalue weighted by Gasteiger charge is -2.20. The van der Waals surface area contributed by atoms with E-state index in [1.807, 2.05) is 6.92 Å². The summed E-state index contributed by atoms with van der Waals surface area (Å²) >= 11 is 0. The molecule has 18 heavy (non-hydrogen) atoms. The first-order chi connectivity index (χ1) is 8.54. The highest BCUT2D eigenvalue weighted by molar-refractivity contribution is 6.01. The number of primary amides is 1. The Kier molecular flexibility index (Phi) is 3.18. The van der Waals surface area contributed by atoms with Gasteiger partial charge in [0.15, 0.2) is 0 Å². The van der Waals surface area contributed by atoms with Crippen LogP contribution in [0.2, 0.25) is 0 Å². The highest BCUT2D eigenvalue weighted by Gasteiger charge is 2.36. The fourth-order valence-corrected chi connectivity index (χ4v) is 2.12. The number of ether oxygens (including phenoxy) is 1. The molecule has 2 rings (SSSR count). The molecule has 1 aliphatic rings. The Balaban J connectivity index is 2.38. The molecule has 0 saturated carbocycles. The second-order valence-electron chi connectivity index (χ2n) is 4.29. The molecular formula is C12H15N3O3. The third-order valence-electron chi connectivity index (χ3n) is 3.08. The number of aromatic nitrogens is 1. The monoisotopic (exact) mass is 249 g/mol. The molecule has 1 saturated heterocycles. The van der Waals surface area contributed by atoms with Crippen LogP contribution in [0.4, 0.5) is 5.69 Å². The first-order valence-electron chi connectivity index (χ1n) is 5.64. The number of rotatable bonds is 3. The maximum Gasteiger partial charge on any atom is 0.237 e. The Bertz CT molecular complexity index is 501. The van der Waals surface area contributed by atoms with E-state index in [1.54, 1.807) is 12.3 Å². The van der Waals surface area contributed by atoms with Gasteiger partial charge in [0.2, 0.25) is 17.7 Å². The van der Waals surface area contributed by atoms with Crippen LogP contribution >= 0.6 is 0 Å². The largest absolute Gasteiger partial charge is 0.480 e. The van der Waals surface area contributed by atoms with E-state index in [0.29, 0.717) is 11.6 Å². The molecule has 1 unspecified atom stereocenters. The summed E-state index contributed by atoms with van der Waals surface area (Å²) in [6.07, 6.45) is 1.76. The molecule has 2 N–H and O–H groups in total. The van der Waals surface area contributed by atoms with Crippen molar-refractivity contribution in [3.05, 3.63) is 17.8 Å². The molecule has 1 atom stereocenters. The Hall–Kier alpha value is -2.11. The van der Waals surface area contributed by atoms with Crippen molar-refractivity contribution in [2.24, 2.45) is 11.7 Å². The molecule has 0 aromatic carbocycles. The van der Waals surface area contributed by atoms with Crippen LogP contribution in [0.25, 0.3) is 0 Å². The Morgan fingerprint density at radius 3 is 2.89 bits per heavy atom. The minimum Gasteiger partial charge on any atom is -0.480 e. The van der Waals surface area contributed by atoms with Gasteiger partial charge in [-0.2, -0.15) is 0 Å². The quantitative estimate of drug-likeness (QED) is 0.831. The van der Waals surface area contributed by atoms with Crippen LogP contribution in [-0.4, -0.2) is 30.5 Å². The number of nitrogens with two attached hydrogens (primary N) is 1. The summed E-state index contributed by atoms with van der Waals surface area (Å²) < 4.78 is 5.16. The van der Waals surface area contributed by atoms with Gasteiger partial charge < -0.3 is 15.4 Å². The van der Waals surface area contributed by atoms with Gasteiger partial charge in [-0.3, -0.25) is 9.59 Å². The average molecular weight is 249 g/mol. The number of hydrogen-bond donors (Lipinski definition) is 1. The zero-order chi connectivity index (χ0) is 13.3. The molecule has 1 aromatic rings. The predicted octanol–water partition coefficient (Wildman–Crippen LogP) is 0.237. The zero-order valence-corrected chi connectivity index (χ0v) is 10.3. The SMILES string of the molecule is COc1nccc(C)c1N1CC(C(N)=O)CC1=O.